The first-order valence-corrected chi connectivity index (χ1v) is 14.7. The van der Waals surface area contributed by atoms with Gasteiger partial charge in [-0.15, -0.1) is 0 Å². The molecule has 0 radical (unpaired) electrons. The summed E-state index contributed by atoms with van der Waals surface area (Å²) in [6, 6.07) is 16.2. The highest BCUT2D eigenvalue weighted by Gasteiger charge is 2.33. The van der Waals surface area contributed by atoms with E-state index in [9.17, 15) is 9.90 Å². The second-order valence-corrected chi connectivity index (χ2v) is 11.7. The molecule has 0 spiro atoms. The van der Waals surface area contributed by atoms with Crippen LogP contribution in [-0.2, 0) is 10.3 Å². The van der Waals surface area contributed by atoms with Gasteiger partial charge in [0.15, 0.2) is 0 Å². The maximum atomic E-state index is 12.8. The number of hydrogen-bond acceptors (Lipinski definition) is 5. The van der Waals surface area contributed by atoms with Crippen molar-refractivity contribution in [1.82, 2.24) is 15.2 Å². The number of carbonyl (C=O) groups is 1. The molecule has 2 aromatic carbocycles. The zero-order valence-electron chi connectivity index (χ0n) is 21.4. The number of rotatable bonds is 9. The Labute approximate surface area is 264 Å². The van der Waals surface area contributed by atoms with Gasteiger partial charge in [-0.25, -0.2) is 0 Å². The molecule has 0 saturated carbocycles. The highest BCUT2D eigenvalue weighted by molar-refractivity contribution is 6.42. The van der Waals surface area contributed by atoms with Gasteiger partial charge in [0, 0.05) is 48.9 Å². The van der Waals surface area contributed by atoms with Crippen LogP contribution in [0.2, 0.25) is 20.1 Å². The lowest BCUT2D eigenvalue weighted by Gasteiger charge is -2.38. The SMILES string of the molecule is ClOCl.O=C(NCC(CCN1CCC(O)(Cc2ccccn2)CC1)c1ccc(Cl)c(Cl)c1)c1ccc(Cl)cc1Cl. The third-order valence-electron chi connectivity index (χ3n) is 6.92. The lowest BCUT2D eigenvalue weighted by atomic mass is 9.86. The molecular weight excluding hydrogens is 639 g/mol. The molecule has 216 valence electrons. The molecule has 0 bridgehead atoms. The zero-order chi connectivity index (χ0) is 29.1. The minimum absolute atomic E-state index is 0.0131. The molecule has 2 heterocycles. The Morgan fingerprint density at radius 1 is 1.00 bits per heavy atom. The van der Waals surface area contributed by atoms with E-state index in [4.69, 9.17) is 46.4 Å². The van der Waals surface area contributed by atoms with E-state index in [0.29, 0.717) is 51.5 Å². The van der Waals surface area contributed by atoms with Crippen molar-refractivity contribution in [3.63, 3.8) is 0 Å². The van der Waals surface area contributed by atoms with Gasteiger partial charge < -0.3 is 15.3 Å². The van der Waals surface area contributed by atoms with E-state index in [1.54, 1.807) is 30.5 Å². The van der Waals surface area contributed by atoms with E-state index in [2.05, 4.69) is 42.8 Å². The van der Waals surface area contributed by atoms with Crippen molar-refractivity contribution in [3.05, 3.63) is 97.7 Å². The Morgan fingerprint density at radius 3 is 2.35 bits per heavy atom. The zero-order valence-corrected chi connectivity index (χ0v) is 26.0. The van der Waals surface area contributed by atoms with Crippen LogP contribution in [0, 0.1) is 0 Å². The van der Waals surface area contributed by atoms with Crippen molar-refractivity contribution < 1.29 is 13.7 Å². The van der Waals surface area contributed by atoms with Crippen LogP contribution in [0.3, 0.4) is 0 Å². The summed E-state index contributed by atoms with van der Waals surface area (Å²) in [6.07, 6.45) is 4.49. The molecule has 40 heavy (non-hydrogen) atoms. The molecule has 6 nitrogen and oxygen atoms in total. The first kappa shape index (κ1) is 33.2. The fourth-order valence-electron chi connectivity index (χ4n) is 4.69. The van der Waals surface area contributed by atoms with E-state index in [1.165, 1.54) is 0 Å². The molecular formula is C28H29Cl6N3O3. The normalized spacial score (nSPS) is 15.6. The average molecular weight is 668 g/mol. The number of aromatic nitrogens is 1. The second-order valence-electron chi connectivity index (χ2n) is 9.62. The van der Waals surface area contributed by atoms with E-state index >= 15 is 0 Å². The summed E-state index contributed by atoms with van der Waals surface area (Å²) in [5, 5.41) is 15.9. The van der Waals surface area contributed by atoms with E-state index < -0.39 is 5.60 Å². The van der Waals surface area contributed by atoms with Gasteiger partial charge in [0.1, 0.15) is 0 Å². The van der Waals surface area contributed by atoms with Crippen molar-refractivity contribution in [2.45, 2.75) is 37.2 Å². The summed E-state index contributed by atoms with van der Waals surface area (Å²) in [4.78, 5) is 19.6. The van der Waals surface area contributed by atoms with E-state index in [1.807, 2.05) is 30.3 Å². The molecule has 1 fully saturated rings. The molecule has 0 aliphatic carbocycles. The van der Waals surface area contributed by atoms with Gasteiger partial charge in [-0.05, 0) is 73.8 Å². The van der Waals surface area contributed by atoms with Crippen LogP contribution in [0.15, 0.2) is 60.8 Å². The largest absolute Gasteiger partial charge is 0.389 e. The van der Waals surface area contributed by atoms with Crippen LogP contribution >= 0.6 is 70.1 Å². The monoisotopic (exact) mass is 665 g/mol. The van der Waals surface area contributed by atoms with E-state index in [0.717, 1.165) is 37.3 Å². The lowest BCUT2D eigenvalue weighted by molar-refractivity contribution is -0.0217. The second kappa shape index (κ2) is 16.4. The first-order valence-electron chi connectivity index (χ1n) is 12.6. The summed E-state index contributed by atoms with van der Waals surface area (Å²) in [5.41, 5.74) is 1.55. The van der Waals surface area contributed by atoms with Gasteiger partial charge in [0.05, 0.1) is 50.0 Å². The molecule has 1 aromatic heterocycles. The minimum atomic E-state index is -0.736. The number of aliphatic hydroxyl groups is 1. The number of nitrogens with one attached hydrogen (secondary N) is 1. The van der Waals surface area contributed by atoms with Crippen molar-refractivity contribution >= 4 is 76.0 Å². The van der Waals surface area contributed by atoms with Gasteiger partial charge in [0.25, 0.3) is 5.91 Å². The number of hydrogen-bond donors (Lipinski definition) is 2. The average Bonchev–Trinajstić information content (AvgIpc) is 2.92. The predicted molar refractivity (Wildman–Crippen MR) is 164 cm³/mol. The summed E-state index contributed by atoms with van der Waals surface area (Å²) in [7, 11) is 0. The quantitative estimate of drug-likeness (QED) is 0.242. The standard InChI is InChI=1S/C28H29Cl4N3O2.Cl2O/c29-21-5-6-23(25(31)16-21)27(36)34-18-20(19-4-7-24(30)26(32)15-19)8-12-35-13-9-28(37,10-14-35)17-22-3-1-2-11-33-22;1-3-2/h1-7,11,15-16,20,37H,8-10,12-14,17-18H2,(H,34,36);. The number of piperidine rings is 1. The van der Waals surface area contributed by atoms with Crippen LogP contribution in [0.25, 0.3) is 0 Å². The summed E-state index contributed by atoms with van der Waals surface area (Å²) in [6.45, 7) is 2.82. The van der Waals surface area contributed by atoms with Crippen molar-refractivity contribution in [3.8, 4) is 0 Å². The van der Waals surface area contributed by atoms with Crippen molar-refractivity contribution in [2.24, 2.45) is 0 Å². The number of benzene rings is 2. The maximum Gasteiger partial charge on any atom is 0.252 e. The number of amides is 1. The minimum Gasteiger partial charge on any atom is -0.389 e. The van der Waals surface area contributed by atoms with Gasteiger partial charge in [0.2, 0.25) is 0 Å². The molecule has 1 aliphatic rings. The lowest BCUT2D eigenvalue weighted by Crippen LogP contribution is -2.46. The van der Waals surface area contributed by atoms with Gasteiger partial charge in [-0.2, -0.15) is 3.84 Å². The van der Waals surface area contributed by atoms with E-state index in [-0.39, 0.29) is 11.8 Å². The van der Waals surface area contributed by atoms with Gasteiger partial charge in [-0.1, -0.05) is 58.5 Å². The number of nitrogens with zero attached hydrogens (tertiary/aromatic N) is 2. The summed E-state index contributed by atoms with van der Waals surface area (Å²) in [5.74, 6) is -0.247. The van der Waals surface area contributed by atoms with Crippen LogP contribution in [0.4, 0.5) is 0 Å². The van der Waals surface area contributed by atoms with Crippen LogP contribution in [-0.4, -0.2) is 52.7 Å². The fraction of sp³-hybridized carbons (Fsp3) is 0.357. The fourth-order valence-corrected chi connectivity index (χ4v) is 5.49. The maximum absolute atomic E-state index is 12.8. The molecule has 4 rings (SSSR count). The van der Waals surface area contributed by atoms with Gasteiger partial charge in [-0.3, -0.25) is 9.78 Å². The topological polar surface area (TPSA) is 74.7 Å². The summed E-state index contributed by atoms with van der Waals surface area (Å²) < 4.78 is 3.19. The molecule has 3 aromatic rings. The van der Waals surface area contributed by atoms with Crippen molar-refractivity contribution in [2.75, 3.05) is 26.2 Å². The molecule has 1 amide bonds. The van der Waals surface area contributed by atoms with Crippen LogP contribution in [0.1, 0.15) is 46.8 Å². The highest BCUT2D eigenvalue weighted by atomic mass is 35.6. The molecule has 1 aliphatic heterocycles. The van der Waals surface area contributed by atoms with Crippen LogP contribution < -0.4 is 5.32 Å². The smallest absolute Gasteiger partial charge is 0.252 e. The Kier molecular flexibility index (Phi) is 13.6. The molecule has 1 unspecified atom stereocenters. The number of pyridine rings is 1. The Bertz CT molecular complexity index is 1240. The van der Waals surface area contributed by atoms with Crippen molar-refractivity contribution in [1.29, 1.82) is 0 Å². The Morgan fingerprint density at radius 2 is 1.73 bits per heavy atom. The summed E-state index contributed by atoms with van der Waals surface area (Å²) >= 11 is 33.2. The highest BCUT2D eigenvalue weighted by Crippen LogP contribution is 2.30. The molecule has 2 N–H and O–H groups in total. The molecule has 1 atom stereocenters. The number of likely N-dealkylation sites (tertiary alicyclic amines) is 1. The Balaban J connectivity index is 0.00000141. The van der Waals surface area contributed by atoms with Gasteiger partial charge >= 0.3 is 0 Å². The molecule has 12 heteroatoms. The number of halogens is 6. The molecule has 1 saturated heterocycles. The predicted octanol–water partition coefficient (Wildman–Crippen LogP) is 7.98. The Hall–Kier alpha value is -1.32. The third kappa shape index (κ3) is 10.2. The third-order valence-corrected chi connectivity index (χ3v) is 8.20. The first-order chi connectivity index (χ1) is 19.1. The van der Waals surface area contributed by atoms with Crippen LogP contribution in [0.5, 0.6) is 0 Å². The number of carbonyl (C=O) groups excluding carboxylic acids is 1.